The molecule has 0 fully saturated rings. The molecule has 1 amide bonds. The lowest BCUT2D eigenvalue weighted by atomic mass is 10.2. The fraction of sp³-hybridized carbons (Fsp3) is 0.391. The maximum Gasteiger partial charge on any atom is 0.273 e. The SMILES string of the molecule is CCN(CC)CCN(C(=O)C1COc2ccccc2O1)c1nc2cc3c(cc2s1)OCO3. The maximum absolute atomic E-state index is 13.6. The van der Waals surface area contributed by atoms with E-state index in [1.807, 2.05) is 36.4 Å². The van der Waals surface area contributed by atoms with Gasteiger partial charge in [0, 0.05) is 25.2 Å². The molecule has 0 N–H and O–H groups in total. The molecule has 2 aromatic carbocycles. The number of carbonyl (C=O) groups excluding carboxylic acids is 1. The van der Waals surface area contributed by atoms with Gasteiger partial charge in [0.05, 0.1) is 10.2 Å². The van der Waals surface area contributed by atoms with Crippen LogP contribution in [0.3, 0.4) is 0 Å². The summed E-state index contributed by atoms with van der Waals surface area (Å²) in [5.41, 5.74) is 0.779. The van der Waals surface area contributed by atoms with Crippen LogP contribution in [-0.2, 0) is 4.79 Å². The Morgan fingerprint density at radius 1 is 1.03 bits per heavy atom. The minimum atomic E-state index is -0.731. The number of ether oxygens (including phenoxy) is 4. The molecule has 1 unspecified atom stereocenters. The first kappa shape index (κ1) is 20.8. The molecule has 5 rings (SSSR count). The number of hydrogen-bond donors (Lipinski definition) is 0. The molecule has 0 aliphatic carbocycles. The number of rotatable bonds is 7. The van der Waals surface area contributed by atoms with Gasteiger partial charge < -0.3 is 23.8 Å². The van der Waals surface area contributed by atoms with Gasteiger partial charge in [0.25, 0.3) is 5.91 Å². The van der Waals surface area contributed by atoms with Crippen LogP contribution in [-0.4, -0.2) is 61.5 Å². The Morgan fingerprint density at radius 2 is 1.78 bits per heavy atom. The van der Waals surface area contributed by atoms with Crippen LogP contribution in [0.25, 0.3) is 10.2 Å². The van der Waals surface area contributed by atoms with E-state index in [1.54, 1.807) is 4.90 Å². The number of hydrogen-bond acceptors (Lipinski definition) is 8. The number of carbonyl (C=O) groups is 1. The number of aromatic nitrogens is 1. The van der Waals surface area contributed by atoms with E-state index in [9.17, 15) is 4.79 Å². The van der Waals surface area contributed by atoms with E-state index < -0.39 is 6.10 Å². The van der Waals surface area contributed by atoms with Crippen molar-refractivity contribution in [2.24, 2.45) is 0 Å². The van der Waals surface area contributed by atoms with Crippen molar-refractivity contribution >= 4 is 32.6 Å². The summed E-state index contributed by atoms with van der Waals surface area (Å²) in [7, 11) is 0. The summed E-state index contributed by atoms with van der Waals surface area (Å²) < 4.78 is 23.7. The van der Waals surface area contributed by atoms with Gasteiger partial charge >= 0.3 is 0 Å². The predicted octanol–water partition coefficient (Wildman–Crippen LogP) is 3.54. The highest BCUT2D eigenvalue weighted by Crippen LogP contribution is 2.40. The molecule has 8 nitrogen and oxygen atoms in total. The lowest BCUT2D eigenvalue weighted by molar-refractivity contribution is -0.127. The number of nitrogens with zero attached hydrogens (tertiary/aromatic N) is 3. The zero-order chi connectivity index (χ0) is 22.1. The van der Waals surface area contributed by atoms with Crippen molar-refractivity contribution in [2.45, 2.75) is 20.0 Å². The number of benzene rings is 2. The summed E-state index contributed by atoms with van der Waals surface area (Å²) >= 11 is 1.46. The van der Waals surface area contributed by atoms with E-state index >= 15 is 0 Å². The number of amides is 1. The lowest BCUT2D eigenvalue weighted by Gasteiger charge is -2.30. The smallest absolute Gasteiger partial charge is 0.273 e. The predicted molar refractivity (Wildman–Crippen MR) is 122 cm³/mol. The summed E-state index contributed by atoms with van der Waals surface area (Å²) in [6.07, 6.45) is -0.731. The Morgan fingerprint density at radius 3 is 2.56 bits per heavy atom. The Balaban J connectivity index is 1.44. The Labute approximate surface area is 190 Å². The Bertz CT molecular complexity index is 1090. The van der Waals surface area contributed by atoms with Crippen LogP contribution in [0, 0.1) is 0 Å². The van der Waals surface area contributed by atoms with Gasteiger partial charge in [0.2, 0.25) is 12.9 Å². The molecule has 0 spiro atoms. The van der Waals surface area contributed by atoms with Crippen molar-refractivity contribution in [3.05, 3.63) is 36.4 Å². The highest BCUT2D eigenvalue weighted by molar-refractivity contribution is 7.22. The third-order valence-electron chi connectivity index (χ3n) is 5.69. The molecule has 0 saturated heterocycles. The standard InChI is InChI=1S/C23H25N3O5S/c1-3-25(4-2)9-10-26(22(27)20-13-28-16-7-5-6-8-17(16)31-20)23-24-15-11-18-19(30-14-29-18)12-21(15)32-23/h5-8,11-12,20H,3-4,9-10,13-14H2,1-2H3. The molecule has 1 aromatic heterocycles. The summed E-state index contributed by atoms with van der Waals surface area (Å²) in [4.78, 5) is 22.3. The number of para-hydroxylation sites is 2. The second-order valence-corrected chi connectivity index (χ2v) is 8.56. The van der Waals surface area contributed by atoms with Crippen LogP contribution in [0.2, 0.25) is 0 Å². The van der Waals surface area contributed by atoms with Crippen molar-refractivity contribution in [3.63, 3.8) is 0 Å². The molecule has 0 saturated carbocycles. The molecule has 168 valence electrons. The summed E-state index contributed by atoms with van der Waals surface area (Å²) in [5.74, 6) is 2.45. The molecule has 3 heterocycles. The maximum atomic E-state index is 13.6. The first-order valence-corrected chi connectivity index (χ1v) is 11.6. The van der Waals surface area contributed by atoms with Gasteiger partial charge in [-0.05, 0) is 25.2 Å². The van der Waals surface area contributed by atoms with Gasteiger partial charge in [-0.1, -0.05) is 37.3 Å². The van der Waals surface area contributed by atoms with Gasteiger partial charge in [-0.3, -0.25) is 9.69 Å². The van der Waals surface area contributed by atoms with Gasteiger partial charge in [0.15, 0.2) is 28.1 Å². The van der Waals surface area contributed by atoms with Gasteiger partial charge in [0.1, 0.15) is 6.61 Å². The lowest BCUT2D eigenvalue weighted by Crippen LogP contribution is -2.48. The van der Waals surface area contributed by atoms with E-state index in [1.165, 1.54) is 11.3 Å². The molecule has 2 aliphatic rings. The van der Waals surface area contributed by atoms with Crippen LogP contribution in [0.4, 0.5) is 5.13 Å². The van der Waals surface area contributed by atoms with Gasteiger partial charge in [-0.2, -0.15) is 0 Å². The fourth-order valence-corrected chi connectivity index (χ4v) is 4.83. The Kier molecular flexibility index (Phi) is 5.75. The van der Waals surface area contributed by atoms with Crippen LogP contribution >= 0.6 is 11.3 Å². The average molecular weight is 456 g/mol. The van der Waals surface area contributed by atoms with Gasteiger partial charge in [-0.15, -0.1) is 0 Å². The van der Waals surface area contributed by atoms with Crippen molar-refractivity contribution in [1.82, 2.24) is 9.88 Å². The van der Waals surface area contributed by atoms with Crippen molar-refractivity contribution in [2.75, 3.05) is 44.5 Å². The zero-order valence-corrected chi connectivity index (χ0v) is 18.9. The van der Waals surface area contributed by atoms with Crippen molar-refractivity contribution in [1.29, 1.82) is 0 Å². The number of likely N-dealkylation sites (N-methyl/N-ethyl adjacent to an activating group) is 1. The van der Waals surface area contributed by atoms with Crippen molar-refractivity contribution in [3.8, 4) is 23.0 Å². The first-order chi connectivity index (χ1) is 15.7. The summed E-state index contributed by atoms with van der Waals surface area (Å²) in [6, 6.07) is 11.2. The second-order valence-electron chi connectivity index (χ2n) is 7.55. The molecule has 0 bridgehead atoms. The second kappa shape index (κ2) is 8.84. The molecule has 32 heavy (non-hydrogen) atoms. The van der Waals surface area contributed by atoms with Crippen LogP contribution in [0.15, 0.2) is 36.4 Å². The normalized spacial score (nSPS) is 16.5. The molecule has 0 radical (unpaired) electrons. The minimum absolute atomic E-state index is 0.161. The van der Waals surface area contributed by atoms with Crippen LogP contribution < -0.4 is 23.8 Å². The highest BCUT2D eigenvalue weighted by atomic mass is 32.1. The fourth-order valence-electron chi connectivity index (χ4n) is 3.82. The van der Waals surface area contributed by atoms with Crippen molar-refractivity contribution < 1.29 is 23.7 Å². The zero-order valence-electron chi connectivity index (χ0n) is 18.1. The number of fused-ring (bicyclic) bond motifs is 3. The van der Waals surface area contributed by atoms with E-state index in [2.05, 4.69) is 18.7 Å². The van der Waals surface area contributed by atoms with Gasteiger partial charge in [-0.25, -0.2) is 4.98 Å². The van der Waals surface area contributed by atoms with E-state index in [0.717, 1.165) is 29.9 Å². The average Bonchev–Trinajstić information content (AvgIpc) is 3.45. The molecular formula is C23H25N3O5S. The summed E-state index contributed by atoms with van der Waals surface area (Å²) in [6.45, 7) is 7.68. The van der Waals surface area contributed by atoms with E-state index in [0.29, 0.717) is 34.7 Å². The molecule has 9 heteroatoms. The molecule has 3 aromatic rings. The topological polar surface area (TPSA) is 73.4 Å². The number of anilines is 1. The number of thiazole rings is 1. The van der Waals surface area contributed by atoms with E-state index in [4.69, 9.17) is 23.9 Å². The molecular weight excluding hydrogens is 430 g/mol. The molecule has 2 aliphatic heterocycles. The van der Waals surface area contributed by atoms with Crippen LogP contribution in [0.1, 0.15) is 13.8 Å². The Hall–Kier alpha value is -3.04. The quantitative estimate of drug-likeness (QED) is 0.540. The third-order valence-corrected chi connectivity index (χ3v) is 6.73. The third kappa shape index (κ3) is 3.93. The largest absolute Gasteiger partial charge is 0.485 e. The monoisotopic (exact) mass is 455 g/mol. The summed E-state index contributed by atoms with van der Waals surface area (Å²) in [5, 5.41) is 0.628. The van der Waals surface area contributed by atoms with E-state index in [-0.39, 0.29) is 19.3 Å². The minimum Gasteiger partial charge on any atom is -0.485 e. The molecule has 1 atom stereocenters. The first-order valence-electron chi connectivity index (χ1n) is 10.8. The van der Waals surface area contributed by atoms with Crippen LogP contribution in [0.5, 0.6) is 23.0 Å². The highest BCUT2D eigenvalue weighted by Gasteiger charge is 2.33.